The van der Waals surface area contributed by atoms with Gasteiger partial charge in [-0.3, -0.25) is 0 Å². The van der Waals surface area contributed by atoms with Gasteiger partial charge in [0.05, 0.1) is 0 Å². The molecule has 1 aliphatic rings. The fraction of sp³-hybridized carbons (Fsp3) is 0.529. The molecule has 3 rings (SSSR count). The van der Waals surface area contributed by atoms with Crippen LogP contribution in [0.5, 0.6) is 0 Å². The van der Waals surface area contributed by atoms with E-state index in [9.17, 15) is 9.18 Å². The number of amides is 1. The van der Waals surface area contributed by atoms with E-state index in [-0.39, 0.29) is 18.0 Å². The topological polar surface area (TPSA) is 58.8 Å². The van der Waals surface area contributed by atoms with Crippen LogP contribution in [0.4, 0.5) is 15.2 Å². The van der Waals surface area contributed by atoms with Crippen LogP contribution in [0.1, 0.15) is 27.7 Å². The van der Waals surface area contributed by atoms with Crippen molar-refractivity contribution in [2.75, 3.05) is 24.5 Å². The highest BCUT2D eigenvalue weighted by Crippen LogP contribution is 2.25. The molecule has 1 aromatic heterocycles. The highest BCUT2D eigenvalue weighted by Gasteiger charge is 2.32. The molecule has 1 amide bonds. The average molecular weight is 335 g/mol. The molecular weight excluding hydrogens is 313 g/mol. The molecule has 0 spiro atoms. The first-order chi connectivity index (χ1) is 11.2. The van der Waals surface area contributed by atoms with Crippen molar-refractivity contribution in [2.45, 2.75) is 39.3 Å². The standard InChI is InChI=1S/C17H22FN3O3/c1-11-10-20(7-8-21(11)16(22)24-17(2,3)4)15-19-13-9-12(18)5-6-14(13)23-15/h5-6,9,11H,7-8,10H2,1-4H3/t11-/m1/s1. The third-order valence-electron chi connectivity index (χ3n) is 3.86. The number of benzene rings is 1. The third kappa shape index (κ3) is 3.44. The molecule has 0 radical (unpaired) electrons. The number of hydrogen-bond donors (Lipinski definition) is 0. The number of piperazine rings is 1. The fourth-order valence-electron chi connectivity index (χ4n) is 2.75. The number of carbonyl (C=O) groups excluding carboxylic acids is 1. The van der Waals surface area contributed by atoms with Crippen molar-refractivity contribution in [3.63, 3.8) is 0 Å². The largest absolute Gasteiger partial charge is 0.444 e. The number of hydrogen-bond acceptors (Lipinski definition) is 5. The van der Waals surface area contributed by atoms with E-state index in [4.69, 9.17) is 9.15 Å². The molecule has 0 bridgehead atoms. The first-order valence-corrected chi connectivity index (χ1v) is 8.03. The van der Waals surface area contributed by atoms with Gasteiger partial charge in [0.15, 0.2) is 5.58 Å². The lowest BCUT2D eigenvalue weighted by atomic mass is 10.2. The summed E-state index contributed by atoms with van der Waals surface area (Å²) in [6, 6.07) is 4.68. The summed E-state index contributed by atoms with van der Waals surface area (Å²) in [5.74, 6) is -0.342. The number of oxazole rings is 1. The van der Waals surface area contributed by atoms with Gasteiger partial charge in [-0.2, -0.15) is 4.98 Å². The lowest BCUT2D eigenvalue weighted by Crippen LogP contribution is -2.55. The van der Waals surface area contributed by atoms with Crippen LogP contribution in [-0.4, -0.2) is 47.3 Å². The average Bonchev–Trinajstić information content (AvgIpc) is 2.88. The molecule has 0 aliphatic carbocycles. The highest BCUT2D eigenvalue weighted by atomic mass is 19.1. The molecule has 2 heterocycles. The minimum Gasteiger partial charge on any atom is -0.444 e. The smallest absolute Gasteiger partial charge is 0.410 e. The van der Waals surface area contributed by atoms with Gasteiger partial charge >= 0.3 is 6.09 Å². The zero-order valence-electron chi connectivity index (χ0n) is 14.4. The summed E-state index contributed by atoms with van der Waals surface area (Å²) in [6.45, 7) is 9.19. The van der Waals surface area contributed by atoms with E-state index in [2.05, 4.69) is 4.98 Å². The van der Waals surface area contributed by atoms with Gasteiger partial charge in [-0.1, -0.05) is 0 Å². The Hall–Kier alpha value is -2.31. The van der Waals surface area contributed by atoms with Gasteiger partial charge in [-0.05, 0) is 39.8 Å². The molecule has 1 fully saturated rings. The Morgan fingerprint density at radius 3 is 2.79 bits per heavy atom. The van der Waals surface area contributed by atoms with Crippen molar-refractivity contribution in [3.05, 3.63) is 24.0 Å². The van der Waals surface area contributed by atoms with Crippen molar-refractivity contribution in [2.24, 2.45) is 0 Å². The van der Waals surface area contributed by atoms with Gasteiger partial charge in [0, 0.05) is 31.7 Å². The number of anilines is 1. The zero-order valence-corrected chi connectivity index (χ0v) is 14.4. The zero-order chi connectivity index (χ0) is 17.5. The minimum absolute atomic E-state index is 0.0413. The molecule has 1 aliphatic heterocycles. The summed E-state index contributed by atoms with van der Waals surface area (Å²) in [7, 11) is 0. The van der Waals surface area contributed by atoms with Crippen LogP contribution in [0.25, 0.3) is 11.1 Å². The van der Waals surface area contributed by atoms with E-state index in [0.29, 0.717) is 36.7 Å². The van der Waals surface area contributed by atoms with Gasteiger partial charge in [-0.25, -0.2) is 9.18 Å². The van der Waals surface area contributed by atoms with E-state index in [1.807, 2.05) is 32.6 Å². The molecule has 2 aromatic rings. The number of rotatable bonds is 1. The molecule has 1 saturated heterocycles. The van der Waals surface area contributed by atoms with Gasteiger partial charge in [0.25, 0.3) is 6.01 Å². The number of ether oxygens (including phenoxy) is 1. The maximum Gasteiger partial charge on any atom is 0.410 e. The molecule has 6 nitrogen and oxygen atoms in total. The summed E-state index contributed by atoms with van der Waals surface area (Å²) in [5, 5.41) is 0. The van der Waals surface area contributed by atoms with Crippen molar-refractivity contribution in [3.8, 4) is 0 Å². The van der Waals surface area contributed by atoms with Gasteiger partial charge in [0.1, 0.15) is 16.9 Å². The molecule has 1 atom stereocenters. The molecule has 0 unspecified atom stereocenters. The predicted octanol–water partition coefficient (Wildman–Crippen LogP) is 3.41. The Balaban J connectivity index is 1.71. The normalized spacial score (nSPS) is 19.0. The van der Waals surface area contributed by atoms with E-state index < -0.39 is 5.60 Å². The van der Waals surface area contributed by atoms with E-state index in [1.165, 1.54) is 12.1 Å². The Morgan fingerprint density at radius 1 is 1.38 bits per heavy atom. The van der Waals surface area contributed by atoms with Crippen LogP contribution >= 0.6 is 0 Å². The van der Waals surface area contributed by atoms with Gasteiger partial charge in [-0.15, -0.1) is 0 Å². The predicted molar refractivity (Wildman–Crippen MR) is 88.6 cm³/mol. The fourth-order valence-corrected chi connectivity index (χ4v) is 2.75. The van der Waals surface area contributed by atoms with Crippen LogP contribution in [0.2, 0.25) is 0 Å². The van der Waals surface area contributed by atoms with E-state index >= 15 is 0 Å². The summed E-state index contributed by atoms with van der Waals surface area (Å²) in [6.07, 6.45) is -0.311. The summed E-state index contributed by atoms with van der Waals surface area (Å²) >= 11 is 0. The molecule has 130 valence electrons. The summed E-state index contributed by atoms with van der Waals surface area (Å²) in [4.78, 5) is 20.3. The number of carbonyl (C=O) groups is 1. The van der Waals surface area contributed by atoms with Crippen molar-refractivity contribution >= 4 is 23.2 Å². The molecular formula is C17H22FN3O3. The van der Waals surface area contributed by atoms with Gasteiger partial charge < -0.3 is 19.0 Å². The lowest BCUT2D eigenvalue weighted by molar-refractivity contribution is 0.0156. The van der Waals surface area contributed by atoms with Crippen LogP contribution in [0.3, 0.4) is 0 Å². The van der Waals surface area contributed by atoms with Crippen molar-refractivity contribution < 1.29 is 18.3 Å². The number of aromatic nitrogens is 1. The Kier molecular flexibility index (Phi) is 4.11. The Bertz CT molecular complexity index is 753. The Morgan fingerprint density at radius 2 is 2.12 bits per heavy atom. The second-order valence-corrected chi connectivity index (χ2v) is 7.08. The van der Waals surface area contributed by atoms with Crippen LogP contribution in [0, 0.1) is 5.82 Å². The minimum atomic E-state index is -0.516. The third-order valence-corrected chi connectivity index (χ3v) is 3.86. The first-order valence-electron chi connectivity index (χ1n) is 8.03. The van der Waals surface area contributed by atoms with Crippen molar-refractivity contribution in [1.29, 1.82) is 0 Å². The van der Waals surface area contributed by atoms with Crippen molar-refractivity contribution in [1.82, 2.24) is 9.88 Å². The molecule has 7 heteroatoms. The second kappa shape index (κ2) is 5.96. The van der Waals surface area contributed by atoms with Gasteiger partial charge in [0.2, 0.25) is 0 Å². The monoisotopic (exact) mass is 335 g/mol. The van der Waals surface area contributed by atoms with E-state index in [1.54, 1.807) is 11.0 Å². The maximum absolute atomic E-state index is 13.3. The SMILES string of the molecule is C[C@@H]1CN(c2nc3cc(F)ccc3o2)CCN1C(=O)OC(C)(C)C. The van der Waals surface area contributed by atoms with Crippen LogP contribution in [0.15, 0.2) is 22.6 Å². The quantitative estimate of drug-likeness (QED) is 0.799. The number of nitrogens with zero attached hydrogens (tertiary/aromatic N) is 3. The van der Waals surface area contributed by atoms with Crippen LogP contribution < -0.4 is 4.90 Å². The summed E-state index contributed by atoms with van der Waals surface area (Å²) in [5.41, 5.74) is 0.527. The first kappa shape index (κ1) is 16.5. The lowest BCUT2D eigenvalue weighted by Gasteiger charge is -2.39. The highest BCUT2D eigenvalue weighted by molar-refractivity contribution is 5.74. The molecule has 1 aromatic carbocycles. The Labute approximate surface area is 140 Å². The summed E-state index contributed by atoms with van der Waals surface area (Å²) < 4.78 is 24.4. The molecule has 24 heavy (non-hydrogen) atoms. The maximum atomic E-state index is 13.3. The molecule has 0 saturated carbocycles. The number of halogens is 1. The van der Waals surface area contributed by atoms with E-state index in [0.717, 1.165) is 0 Å². The van der Waals surface area contributed by atoms with Crippen LogP contribution in [-0.2, 0) is 4.74 Å². The molecule has 0 N–H and O–H groups in total. The second-order valence-electron chi connectivity index (χ2n) is 7.08. The number of fused-ring (bicyclic) bond motifs is 1.